The van der Waals surface area contributed by atoms with Crippen LogP contribution in [-0.2, 0) is 6.54 Å². The number of rotatable bonds is 5. The van der Waals surface area contributed by atoms with Gasteiger partial charge >= 0.3 is 0 Å². The molecule has 0 aliphatic carbocycles. The summed E-state index contributed by atoms with van der Waals surface area (Å²) in [7, 11) is 1.61. The number of aromatic nitrogens is 2. The third-order valence-electron chi connectivity index (χ3n) is 4.21. The van der Waals surface area contributed by atoms with Crippen molar-refractivity contribution in [2.75, 3.05) is 20.2 Å². The summed E-state index contributed by atoms with van der Waals surface area (Å²) < 4.78 is 5.08. The van der Waals surface area contributed by atoms with Crippen LogP contribution in [0.3, 0.4) is 0 Å². The smallest absolute Gasteiger partial charge is 0.212 e. The Hall–Kier alpha value is -2.27. The van der Waals surface area contributed by atoms with E-state index < -0.39 is 0 Å². The molecule has 23 heavy (non-hydrogen) atoms. The van der Waals surface area contributed by atoms with E-state index >= 15 is 0 Å². The lowest BCUT2D eigenvalue weighted by molar-refractivity contribution is 0.0806. The van der Waals surface area contributed by atoms with Crippen LogP contribution in [0.15, 0.2) is 42.7 Å². The van der Waals surface area contributed by atoms with Crippen LogP contribution in [0, 0.1) is 5.92 Å². The first-order valence-electron chi connectivity index (χ1n) is 7.93. The van der Waals surface area contributed by atoms with Crippen molar-refractivity contribution in [1.29, 1.82) is 0 Å². The number of methoxy groups -OCH3 is 1. The number of hydrogen-bond donors (Lipinski definition) is 0. The number of Topliss-reactive ketones (excluding diaryl/α,β-unsaturated/α-hetero) is 1. The number of carbonyl (C=O) groups excluding carboxylic acids is 1. The Morgan fingerprint density at radius 2 is 2.22 bits per heavy atom. The van der Waals surface area contributed by atoms with Gasteiger partial charge in [0.25, 0.3) is 0 Å². The molecule has 3 heterocycles. The molecule has 120 valence electrons. The molecule has 0 aromatic carbocycles. The Balaban J connectivity index is 1.62. The highest BCUT2D eigenvalue weighted by Gasteiger charge is 2.27. The Morgan fingerprint density at radius 1 is 1.30 bits per heavy atom. The van der Waals surface area contributed by atoms with Crippen molar-refractivity contribution in [2.24, 2.45) is 5.92 Å². The summed E-state index contributed by atoms with van der Waals surface area (Å²) in [4.78, 5) is 23.3. The first-order chi connectivity index (χ1) is 11.3. The minimum absolute atomic E-state index is 0.0323. The maximum atomic E-state index is 12.6. The van der Waals surface area contributed by atoms with E-state index in [1.807, 2.05) is 30.5 Å². The highest BCUT2D eigenvalue weighted by molar-refractivity contribution is 5.96. The van der Waals surface area contributed by atoms with Crippen molar-refractivity contribution in [1.82, 2.24) is 14.9 Å². The molecule has 0 saturated carbocycles. The van der Waals surface area contributed by atoms with Gasteiger partial charge in [0.2, 0.25) is 5.88 Å². The normalized spacial score (nSPS) is 18.6. The monoisotopic (exact) mass is 311 g/mol. The van der Waals surface area contributed by atoms with Crippen LogP contribution in [0.2, 0.25) is 0 Å². The summed E-state index contributed by atoms with van der Waals surface area (Å²) in [5, 5.41) is 0. The fourth-order valence-electron chi connectivity index (χ4n) is 3.01. The van der Waals surface area contributed by atoms with Gasteiger partial charge < -0.3 is 4.74 Å². The third kappa shape index (κ3) is 3.93. The Kier molecular flexibility index (Phi) is 4.98. The fraction of sp³-hybridized carbons (Fsp3) is 0.389. The van der Waals surface area contributed by atoms with Gasteiger partial charge in [-0.3, -0.25) is 14.7 Å². The number of nitrogens with zero attached hydrogens (tertiary/aromatic N) is 3. The average Bonchev–Trinajstić information content (AvgIpc) is 2.63. The molecule has 2 aromatic heterocycles. The van der Waals surface area contributed by atoms with Crippen molar-refractivity contribution < 1.29 is 9.53 Å². The molecule has 0 bridgehead atoms. The van der Waals surface area contributed by atoms with Gasteiger partial charge in [-0.15, -0.1) is 0 Å². The quantitative estimate of drug-likeness (QED) is 0.794. The standard InChI is InChI=1S/C18H21N3O2/c1-23-17-8-7-14(11-20-17)12-21-10-4-5-15(13-21)18(22)16-6-2-3-9-19-16/h2-3,6-9,11,15H,4-5,10,12-13H2,1H3/t15-/m0/s1. The summed E-state index contributed by atoms with van der Waals surface area (Å²) in [5.41, 5.74) is 1.71. The van der Waals surface area contributed by atoms with Crippen LogP contribution >= 0.6 is 0 Å². The maximum Gasteiger partial charge on any atom is 0.212 e. The van der Waals surface area contributed by atoms with E-state index in [0.717, 1.165) is 38.0 Å². The van der Waals surface area contributed by atoms with E-state index in [1.165, 1.54) is 0 Å². The van der Waals surface area contributed by atoms with Crippen LogP contribution in [-0.4, -0.2) is 40.9 Å². The molecule has 0 unspecified atom stereocenters. The van der Waals surface area contributed by atoms with Gasteiger partial charge in [0.05, 0.1) is 7.11 Å². The summed E-state index contributed by atoms with van der Waals surface area (Å²) in [6, 6.07) is 9.39. The number of ether oxygens (including phenoxy) is 1. The van der Waals surface area contributed by atoms with Gasteiger partial charge in [0.15, 0.2) is 5.78 Å². The SMILES string of the molecule is COc1ccc(CN2CCC[C@H](C(=O)c3ccccn3)C2)cn1. The lowest BCUT2D eigenvalue weighted by Crippen LogP contribution is -2.38. The predicted molar refractivity (Wildman–Crippen MR) is 87.4 cm³/mol. The van der Waals surface area contributed by atoms with E-state index in [4.69, 9.17) is 4.74 Å². The van der Waals surface area contributed by atoms with Crippen molar-refractivity contribution in [3.8, 4) is 5.88 Å². The van der Waals surface area contributed by atoms with Crippen LogP contribution in [0.1, 0.15) is 28.9 Å². The van der Waals surface area contributed by atoms with Crippen LogP contribution in [0.4, 0.5) is 0 Å². The number of pyridine rings is 2. The van der Waals surface area contributed by atoms with Gasteiger partial charge in [-0.2, -0.15) is 0 Å². The highest BCUT2D eigenvalue weighted by atomic mass is 16.5. The van der Waals surface area contributed by atoms with Crippen molar-refractivity contribution in [3.05, 3.63) is 54.0 Å². The molecule has 0 radical (unpaired) electrons. The second-order valence-electron chi connectivity index (χ2n) is 5.86. The Labute approximate surface area is 136 Å². The van der Waals surface area contributed by atoms with Gasteiger partial charge in [-0.25, -0.2) is 4.98 Å². The maximum absolute atomic E-state index is 12.6. The summed E-state index contributed by atoms with van der Waals surface area (Å²) >= 11 is 0. The van der Waals surface area contributed by atoms with E-state index in [0.29, 0.717) is 11.6 Å². The average molecular weight is 311 g/mol. The number of likely N-dealkylation sites (tertiary alicyclic amines) is 1. The molecule has 5 heteroatoms. The third-order valence-corrected chi connectivity index (χ3v) is 4.21. The first-order valence-corrected chi connectivity index (χ1v) is 7.93. The van der Waals surface area contributed by atoms with Crippen molar-refractivity contribution in [3.63, 3.8) is 0 Å². The van der Waals surface area contributed by atoms with Crippen molar-refractivity contribution >= 4 is 5.78 Å². The highest BCUT2D eigenvalue weighted by Crippen LogP contribution is 2.22. The van der Waals surface area contributed by atoms with Gasteiger partial charge in [0, 0.05) is 37.5 Å². The van der Waals surface area contributed by atoms with Gasteiger partial charge in [-0.1, -0.05) is 12.1 Å². The molecule has 0 amide bonds. The van der Waals surface area contributed by atoms with E-state index in [1.54, 1.807) is 19.4 Å². The lowest BCUT2D eigenvalue weighted by Gasteiger charge is -2.31. The lowest BCUT2D eigenvalue weighted by atomic mass is 9.91. The van der Waals surface area contributed by atoms with E-state index in [9.17, 15) is 4.79 Å². The number of ketones is 1. The molecule has 1 fully saturated rings. The molecule has 5 nitrogen and oxygen atoms in total. The zero-order valence-electron chi connectivity index (χ0n) is 13.3. The van der Waals surface area contributed by atoms with Gasteiger partial charge in [0.1, 0.15) is 5.69 Å². The molecule has 2 aromatic rings. The molecule has 0 N–H and O–H groups in total. The summed E-state index contributed by atoms with van der Waals surface area (Å²) in [5.74, 6) is 0.809. The molecule has 1 atom stereocenters. The largest absolute Gasteiger partial charge is 0.481 e. The molecule has 3 rings (SSSR count). The molecular formula is C18H21N3O2. The minimum Gasteiger partial charge on any atom is -0.481 e. The predicted octanol–water partition coefficient (Wildman–Crippen LogP) is 2.58. The fourth-order valence-corrected chi connectivity index (χ4v) is 3.01. The number of hydrogen-bond acceptors (Lipinski definition) is 5. The molecule has 1 saturated heterocycles. The van der Waals surface area contributed by atoms with Gasteiger partial charge in [-0.05, 0) is 37.1 Å². The van der Waals surface area contributed by atoms with Crippen molar-refractivity contribution in [2.45, 2.75) is 19.4 Å². The molecule has 0 spiro atoms. The Bertz CT molecular complexity index is 643. The molecule has 1 aliphatic heterocycles. The first kappa shape index (κ1) is 15.6. The van der Waals surface area contributed by atoms with Crippen LogP contribution in [0.25, 0.3) is 0 Å². The number of piperidine rings is 1. The molecular weight excluding hydrogens is 290 g/mol. The Morgan fingerprint density at radius 3 is 2.91 bits per heavy atom. The summed E-state index contributed by atoms with van der Waals surface area (Å²) in [6.07, 6.45) is 5.49. The summed E-state index contributed by atoms with van der Waals surface area (Å²) in [6.45, 7) is 2.60. The zero-order chi connectivity index (χ0) is 16.1. The zero-order valence-corrected chi connectivity index (χ0v) is 13.3. The topological polar surface area (TPSA) is 55.3 Å². The van der Waals surface area contributed by atoms with Crippen LogP contribution < -0.4 is 4.74 Å². The molecule has 1 aliphatic rings. The minimum atomic E-state index is 0.0323. The van der Waals surface area contributed by atoms with E-state index in [-0.39, 0.29) is 11.7 Å². The number of carbonyl (C=O) groups is 1. The second kappa shape index (κ2) is 7.33. The second-order valence-corrected chi connectivity index (χ2v) is 5.86. The van der Waals surface area contributed by atoms with E-state index in [2.05, 4.69) is 14.9 Å². The van der Waals surface area contributed by atoms with Crippen LogP contribution in [0.5, 0.6) is 5.88 Å².